The number of hydrogen-bond donors (Lipinski definition) is 0. The van der Waals surface area contributed by atoms with E-state index in [4.69, 9.17) is 4.52 Å². The molecule has 146 valence electrons. The number of benzene rings is 1. The molecule has 1 fully saturated rings. The van der Waals surface area contributed by atoms with Gasteiger partial charge in [0.25, 0.3) is 0 Å². The second kappa shape index (κ2) is 7.77. The van der Waals surface area contributed by atoms with Gasteiger partial charge in [-0.1, -0.05) is 23.4 Å². The molecule has 0 atom stereocenters. The number of piperazine rings is 1. The van der Waals surface area contributed by atoms with Gasteiger partial charge in [0.1, 0.15) is 16.4 Å². The molecule has 0 radical (unpaired) electrons. The van der Waals surface area contributed by atoms with Crippen molar-refractivity contribution in [3.05, 3.63) is 47.1 Å². The first kappa shape index (κ1) is 19.5. The quantitative estimate of drug-likeness (QED) is 0.772. The topological polar surface area (TPSA) is 83.7 Å². The van der Waals surface area contributed by atoms with Gasteiger partial charge >= 0.3 is 0 Å². The van der Waals surface area contributed by atoms with Crippen molar-refractivity contribution in [2.75, 3.05) is 26.2 Å². The van der Waals surface area contributed by atoms with Crippen LogP contribution >= 0.6 is 0 Å². The molecule has 0 aliphatic carbocycles. The van der Waals surface area contributed by atoms with Crippen molar-refractivity contribution < 1.29 is 22.1 Å². The predicted octanol–water partition coefficient (Wildman–Crippen LogP) is 1.90. The third-order valence-electron chi connectivity index (χ3n) is 4.72. The highest BCUT2D eigenvalue weighted by molar-refractivity contribution is 7.89. The van der Waals surface area contributed by atoms with Gasteiger partial charge in [-0.05, 0) is 31.9 Å². The zero-order valence-electron chi connectivity index (χ0n) is 15.3. The van der Waals surface area contributed by atoms with Crippen molar-refractivity contribution in [3.63, 3.8) is 0 Å². The van der Waals surface area contributed by atoms with E-state index >= 15 is 0 Å². The molecule has 2 aromatic rings. The summed E-state index contributed by atoms with van der Waals surface area (Å²) in [5.74, 6) is -0.163. The van der Waals surface area contributed by atoms with Crippen molar-refractivity contribution in [3.8, 4) is 0 Å². The third-order valence-corrected chi connectivity index (χ3v) is 6.87. The molecule has 1 aliphatic rings. The Hall–Kier alpha value is -2.26. The normalized spacial score (nSPS) is 15.9. The number of carbonyl (C=O) groups is 1. The summed E-state index contributed by atoms with van der Waals surface area (Å²) in [7, 11) is -3.70. The lowest BCUT2D eigenvalue weighted by Gasteiger charge is -2.34. The lowest BCUT2D eigenvalue weighted by molar-refractivity contribution is -0.132. The molecular weight excluding hydrogens is 373 g/mol. The zero-order chi connectivity index (χ0) is 19.6. The van der Waals surface area contributed by atoms with Gasteiger partial charge < -0.3 is 9.42 Å². The van der Waals surface area contributed by atoms with E-state index in [1.165, 1.54) is 10.4 Å². The highest BCUT2D eigenvalue weighted by Crippen LogP contribution is 2.24. The van der Waals surface area contributed by atoms with E-state index in [0.29, 0.717) is 30.8 Å². The average Bonchev–Trinajstić information content (AvgIpc) is 3.00. The maximum absolute atomic E-state index is 13.7. The molecule has 1 aliphatic heterocycles. The minimum absolute atomic E-state index is 0.0989. The zero-order valence-corrected chi connectivity index (χ0v) is 16.1. The standard InChI is InChI=1S/C18H22FN3O4S/c1-13-18(14(2)26-20-13)27(24,25)22-11-9-21(10-12-22)17(23)8-7-15-5-3-4-6-16(15)19/h3-6H,7-12H2,1-2H3. The summed E-state index contributed by atoms with van der Waals surface area (Å²) in [5, 5.41) is 3.70. The van der Waals surface area contributed by atoms with Gasteiger partial charge in [0.15, 0.2) is 5.76 Å². The van der Waals surface area contributed by atoms with Crippen molar-refractivity contribution in [2.24, 2.45) is 0 Å². The van der Waals surface area contributed by atoms with Crippen LogP contribution in [0.25, 0.3) is 0 Å². The number of hydrogen-bond acceptors (Lipinski definition) is 5. The maximum Gasteiger partial charge on any atom is 0.248 e. The van der Waals surface area contributed by atoms with E-state index in [9.17, 15) is 17.6 Å². The van der Waals surface area contributed by atoms with Crippen LogP contribution in [0.4, 0.5) is 4.39 Å². The lowest BCUT2D eigenvalue weighted by atomic mass is 10.1. The van der Waals surface area contributed by atoms with E-state index in [-0.39, 0.29) is 41.9 Å². The monoisotopic (exact) mass is 395 g/mol. The molecular formula is C18H22FN3O4S. The molecule has 0 N–H and O–H groups in total. The van der Waals surface area contributed by atoms with E-state index in [1.54, 1.807) is 36.9 Å². The number of aromatic nitrogens is 1. The number of halogens is 1. The molecule has 1 amide bonds. The minimum atomic E-state index is -3.70. The second-order valence-corrected chi connectivity index (χ2v) is 8.40. The first-order valence-electron chi connectivity index (χ1n) is 8.75. The van der Waals surface area contributed by atoms with Crippen LogP contribution < -0.4 is 0 Å². The van der Waals surface area contributed by atoms with Crippen molar-refractivity contribution in [1.29, 1.82) is 0 Å². The largest absolute Gasteiger partial charge is 0.360 e. The van der Waals surface area contributed by atoms with E-state index in [1.807, 2.05) is 0 Å². The summed E-state index contributed by atoms with van der Waals surface area (Å²) >= 11 is 0. The summed E-state index contributed by atoms with van der Waals surface area (Å²) in [6, 6.07) is 6.38. The molecule has 9 heteroatoms. The van der Waals surface area contributed by atoms with Gasteiger partial charge in [0, 0.05) is 32.6 Å². The summed E-state index contributed by atoms with van der Waals surface area (Å²) in [4.78, 5) is 14.1. The molecule has 0 bridgehead atoms. The van der Waals surface area contributed by atoms with Crippen molar-refractivity contribution >= 4 is 15.9 Å². The SMILES string of the molecule is Cc1noc(C)c1S(=O)(=O)N1CCN(C(=O)CCc2ccccc2F)CC1. The Bertz CT molecular complexity index is 914. The van der Waals surface area contributed by atoms with Crippen LogP contribution in [0, 0.1) is 19.7 Å². The Morgan fingerprint density at radius 3 is 2.44 bits per heavy atom. The third kappa shape index (κ3) is 4.03. The number of carbonyl (C=O) groups excluding carboxylic acids is 1. The number of sulfonamides is 1. The van der Waals surface area contributed by atoms with Gasteiger partial charge in [0.2, 0.25) is 15.9 Å². The Morgan fingerprint density at radius 1 is 1.19 bits per heavy atom. The van der Waals surface area contributed by atoms with Crippen LogP contribution in [0.2, 0.25) is 0 Å². The van der Waals surface area contributed by atoms with Crippen LogP contribution in [-0.4, -0.2) is 54.9 Å². The number of rotatable bonds is 5. The minimum Gasteiger partial charge on any atom is -0.360 e. The van der Waals surface area contributed by atoms with Crippen LogP contribution in [0.3, 0.4) is 0 Å². The number of aryl methyl sites for hydroxylation is 3. The Morgan fingerprint density at radius 2 is 1.85 bits per heavy atom. The summed E-state index contributed by atoms with van der Waals surface area (Å²) in [6.45, 7) is 4.17. The fraction of sp³-hybridized carbons (Fsp3) is 0.444. The van der Waals surface area contributed by atoms with Gasteiger partial charge in [0.05, 0.1) is 0 Å². The molecule has 1 aromatic heterocycles. The Labute approximate surface area is 157 Å². The first-order chi connectivity index (χ1) is 12.8. The number of amides is 1. The lowest BCUT2D eigenvalue weighted by Crippen LogP contribution is -2.50. The number of nitrogens with zero attached hydrogens (tertiary/aromatic N) is 3. The molecule has 1 saturated heterocycles. The summed E-state index contributed by atoms with van der Waals surface area (Å²) < 4.78 is 45.6. The smallest absolute Gasteiger partial charge is 0.248 e. The predicted molar refractivity (Wildman–Crippen MR) is 96.0 cm³/mol. The van der Waals surface area contributed by atoms with Crippen molar-refractivity contribution in [2.45, 2.75) is 31.6 Å². The van der Waals surface area contributed by atoms with E-state index < -0.39 is 10.0 Å². The van der Waals surface area contributed by atoms with Crippen LogP contribution in [-0.2, 0) is 21.2 Å². The van der Waals surface area contributed by atoms with Gasteiger partial charge in [-0.15, -0.1) is 0 Å². The summed E-state index contributed by atoms with van der Waals surface area (Å²) in [5.41, 5.74) is 0.835. The Balaban J connectivity index is 1.58. The molecule has 27 heavy (non-hydrogen) atoms. The van der Waals surface area contributed by atoms with Crippen LogP contribution in [0.15, 0.2) is 33.7 Å². The summed E-state index contributed by atoms with van der Waals surface area (Å²) in [6.07, 6.45) is 0.515. The molecule has 1 aromatic carbocycles. The fourth-order valence-electron chi connectivity index (χ4n) is 3.25. The second-order valence-electron chi connectivity index (χ2n) is 6.53. The van der Waals surface area contributed by atoms with Crippen molar-refractivity contribution in [1.82, 2.24) is 14.4 Å². The molecule has 0 spiro atoms. The molecule has 3 rings (SSSR count). The molecule has 7 nitrogen and oxygen atoms in total. The van der Waals surface area contributed by atoms with E-state index in [0.717, 1.165) is 0 Å². The fourth-order valence-corrected chi connectivity index (χ4v) is 4.96. The van der Waals surface area contributed by atoms with Gasteiger partial charge in [-0.25, -0.2) is 12.8 Å². The molecule has 0 saturated carbocycles. The van der Waals surface area contributed by atoms with Gasteiger partial charge in [-0.3, -0.25) is 4.79 Å². The highest BCUT2D eigenvalue weighted by atomic mass is 32.2. The van der Waals surface area contributed by atoms with Crippen LogP contribution in [0.1, 0.15) is 23.4 Å². The van der Waals surface area contributed by atoms with Crippen LogP contribution in [0.5, 0.6) is 0 Å². The first-order valence-corrected chi connectivity index (χ1v) is 10.2. The van der Waals surface area contributed by atoms with Gasteiger partial charge in [-0.2, -0.15) is 4.31 Å². The maximum atomic E-state index is 13.7. The van der Waals surface area contributed by atoms with E-state index in [2.05, 4.69) is 5.16 Å². The highest BCUT2D eigenvalue weighted by Gasteiger charge is 2.34. The Kier molecular flexibility index (Phi) is 5.61. The molecule has 0 unspecified atom stereocenters. The average molecular weight is 395 g/mol. The molecule has 2 heterocycles.